The minimum absolute atomic E-state index is 0.116. The van der Waals surface area contributed by atoms with E-state index in [4.69, 9.17) is 4.98 Å². The summed E-state index contributed by atoms with van der Waals surface area (Å²) in [7, 11) is 0. The summed E-state index contributed by atoms with van der Waals surface area (Å²) in [6.45, 7) is 2.14. The van der Waals surface area contributed by atoms with Gasteiger partial charge in [-0.25, -0.2) is 9.37 Å². The molecule has 1 aliphatic rings. The summed E-state index contributed by atoms with van der Waals surface area (Å²) in [4.78, 5) is 28.5. The van der Waals surface area contributed by atoms with Crippen molar-refractivity contribution in [2.75, 3.05) is 0 Å². The van der Waals surface area contributed by atoms with Gasteiger partial charge < -0.3 is 5.32 Å². The highest BCUT2D eigenvalue weighted by molar-refractivity contribution is 6.17. The molecule has 0 radical (unpaired) electrons. The summed E-state index contributed by atoms with van der Waals surface area (Å²) in [5.41, 5.74) is 4.93. The number of halogens is 1. The zero-order chi connectivity index (χ0) is 25.8. The van der Waals surface area contributed by atoms with Crippen LogP contribution in [-0.2, 0) is 16.0 Å². The van der Waals surface area contributed by atoms with Crippen LogP contribution in [0, 0.1) is 5.82 Å². The van der Waals surface area contributed by atoms with Crippen LogP contribution in [0.3, 0.4) is 0 Å². The van der Waals surface area contributed by atoms with E-state index in [-0.39, 0.29) is 29.8 Å². The number of hydrogen-bond donors (Lipinski definition) is 2. The van der Waals surface area contributed by atoms with Gasteiger partial charge in [-0.1, -0.05) is 74.0 Å². The number of carbonyl (C=O) groups excluding carboxylic acids is 2. The number of nitrogens with one attached hydrogen (secondary N) is 2. The first kappa shape index (κ1) is 24.3. The minimum atomic E-state index is -0.292. The number of aromatic amines is 1. The molecule has 1 unspecified atom stereocenters. The molecular formula is C30H27FN4O2. The Balaban J connectivity index is 1.50. The predicted molar refractivity (Wildman–Crippen MR) is 140 cm³/mol. The Hall–Kier alpha value is -4.39. The minimum Gasteiger partial charge on any atom is -0.323 e. The third kappa shape index (κ3) is 5.40. The number of allylic oxidation sites excluding steroid dienone is 1. The molecule has 0 aliphatic carbocycles. The van der Waals surface area contributed by atoms with Gasteiger partial charge in [-0.3, -0.25) is 14.7 Å². The maximum atomic E-state index is 13.7. The van der Waals surface area contributed by atoms with Gasteiger partial charge in [0.15, 0.2) is 11.6 Å². The monoisotopic (exact) mass is 494 g/mol. The molecule has 0 spiro atoms. The number of aryl methyl sites for hydroxylation is 1. The SMILES string of the molecule is CCCCc1nc(C(c2ccc(F)cc2)c2ccc(-c3ccccc3/C=C3\NC(=O)CC3=O)cc2)n[nH]1. The zero-order valence-electron chi connectivity index (χ0n) is 20.5. The lowest BCUT2D eigenvalue weighted by Crippen LogP contribution is -2.12. The van der Waals surface area contributed by atoms with E-state index in [1.807, 2.05) is 48.5 Å². The standard InChI is InChI=1S/C30H27FN4O2/c1-2-3-8-27-33-30(35-34-27)29(21-13-15-23(31)16-14-21)20-11-9-19(10-12-20)24-7-5-4-6-22(24)17-25-26(36)18-28(37)32-25/h4-7,9-17,29H,2-3,8,18H2,1H3,(H,32,37)(H,33,34,35)/b25-17-. The number of hydrogen-bond acceptors (Lipinski definition) is 4. The molecule has 1 fully saturated rings. The molecule has 3 aromatic carbocycles. The Kier molecular flexibility index (Phi) is 7.03. The van der Waals surface area contributed by atoms with Gasteiger partial charge in [-0.2, -0.15) is 5.10 Å². The van der Waals surface area contributed by atoms with E-state index in [0.717, 1.165) is 52.9 Å². The molecule has 1 amide bonds. The number of rotatable bonds is 8. The first-order valence-electron chi connectivity index (χ1n) is 12.4. The topological polar surface area (TPSA) is 87.7 Å². The molecule has 4 aromatic rings. The molecule has 5 rings (SSSR count). The van der Waals surface area contributed by atoms with Crippen molar-refractivity contribution < 1.29 is 14.0 Å². The molecule has 0 bridgehead atoms. The maximum absolute atomic E-state index is 13.7. The van der Waals surface area contributed by atoms with Gasteiger partial charge in [-0.15, -0.1) is 0 Å². The first-order valence-corrected chi connectivity index (χ1v) is 12.4. The van der Waals surface area contributed by atoms with Gasteiger partial charge >= 0.3 is 0 Å². The van der Waals surface area contributed by atoms with Crippen molar-refractivity contribution >= 4 is 17.8 Å². The second-order valence-corrected chi connectivity index (χ2v) is 9.14. The number of benzene rings is 3. The predicted octanol–water partition coefficient (Wildman–Crippen LogP) is 5.56. The van der Waals surface area contributed by atoms with Gasteiger partial charge in [0, 0.05) is 6.42 Å². The number of aromatic nitrogens is 3. The van der Waals surface area contributed by atoms with Crippen LogP contribution in [0.25, 0.3) is 17.2 Å². The van der Waals surface area contributed by atoms with Crippen molar-refractivity contribution in [2.24, 2.45) is 0 Å². The molecule has 1 saturated heterocycles. The normalized spacial score (nSPS) is 15.2. The number of Topliss-reactive ketones (excluding diaryl/α,β-unsaturated/α-hetero) is 1. The zero-order valence-corrected chi connectivity index (χ0v) is 20.5. The van der Waals surface area contributed by atoms with E-state index < -0.39 is 0 Å². The van der Waals surface area contributed by atoms with Crippen LogP contribution >= 0.6 is 0 Å². The van der Waals surface area contributed by atoms with Crippen LogP contribution < -0.4 is 5.32 Å². The Labute approximate surface area is 214 Å². The van der Waals surface area contributed by atoms with Gasteiger partial charge in [-0.05, 0) is 52.4 Å². The summed E-state index contributed by atoms with van der Waals surface area (Å²) < 4.78 is 13.7. The molecular weight excluding hydrogens is 467 g/mol. The number of nitrogens with zero attached hydrogens (tertiary/aromatic N) is 2. The van der Waals surface area contributed by atoms with Gasteiger partial charge in [0.25, 0.3) is 0 Å². The summed E-state index contributed by atoms with van der Waals surface area (Å²) in [6, 6.07) is 22.3. The molecule has 6 nitrogen and oxygen atoms in total. The third-order valence-corrected chi connectivity index (χ3v) is 6.49. The number of carbonyl (C=O) groups is 2. The fraction of sp³-hybridized carbons (Fsp3) is 0.200. The molecule has 0 saturated carbocycles. The van der Waals surface area contributed by atoms with Crippen LogP contribution in [0.1, 0.15) is 60.4 Å². The molecule has 37 heavy (non-hydrogen) atoms. The molecule has 2 N–H and O–H groups in total. The van der Waals surface area contributed by atoms with Gasteiger partial charge in [0.2, 0.25) is 5.91 Å². The molecule has 1 atom stereocenters. The third-order valence-electron chi connectivity index (χ3n) is 6.49. The van der Waals surface area contributed by atoms with Crippen molar-refractivity contribution in [3.8, 4) is 11.1 Å². The second kappa shape index (κ2) is 10.7. The Morgan fingerprint density at radius 3 is 2.35 bits per heavy atom. The van der Waals surface area contributed by atoms with E-state index >= 15 is 0 Å². The maximum Gasteiger partial charge on any atom is 0.232 e. The van der Waals surface area contributed by atoms with Crippen molar-refractivity contribution in [2.45, 2.75) is 38.5 Å². The fourth-order valence-corrected chi connectivity index (χ4v) is 4.56. The number of H-pyrrole nitrogens is 1. The average Bonchev–Trinajstić information content (AvgIpc) is 3.50. The van der Waals surface area contributed by atoms with Gasteiger partial charge in [0.1, 0.15) is 11.6 Å². The Bertz CT molecular complexity index is 1460. The van der Waals surface area contributed by atoms with Gasteiger partial charge in [0.05, 0.1) is 18.0 Å². The quantitative estimate of drug-likeness (QED) is 0.248. The van der Waals surface area contributed by atoms with E-state index in [1.165, 1.54) is 12.1 Å². The highest BCUT2D eigenvalue weighted by atomic mass is 19.1. The van der Waals surface area contributed by atoms with Crippen molar-refractivity contribution in [1.29, 1.82) is 0 Å². The largest absolute Gasteiger partial charge is 0.323 e. The smallest absolute Gasteiger partial charge is 0.232 e. The lowest BCUT2D eigenvalue weighted by Gasteiger charge is -2.16. The van der Waals surface area contributed by atoms with E-state index in [9.17, 15) is 14.0 Å². The Morgan fingerprint density at radius 2 is 1.68 bits per heavy atom. The van der Waals surface area contributed by atoms with E-state index in [1.54, 1.807) is 18.2 Å². The number of unbranched alkanes of at least 4 members (excludes halogenated alkanes) is 1. The molecule has 1 aromatic heterocycles. The summed E-state index contributed by atoms with van der Waals surface area (Å²) in [5.74, 6) is 0.447. The average molecular weight is 495 g/mol. The highest BCUT2D eigenvalue weighted by Crippen LogP contribution is 2.33. The lowest BCUT2D eigenvalue weighted by molar-refractivity contribution is -0.121. The molecule has 186 valence electrons. The highest BCUT2D eigenvalue weighted by Gasteiger charge is 2.24. The Morgan fingerprint density at radius 1 is 0.973 bits per heavy atom. The van der Waals surface area contributed by atoms with Crippen LogP contribution in [0.2, 0.25) is 0 Å². The van der Waals surface area contributed by atoms with Crippen molar-refractivity contribution in [3.05, 3.63) is 113 Å². The summed E-state index contributed by atoms with van der Waals surface area (Å²) >= 11 is 0. The number of ketones is 1. The summed E-state index contributed by atoms with van der Waals surface area (Å²) in [6.07, 6.45) is 4.53. The van der Waals surface area contributed by atoms with Crippen molar-refractivity contribution in [3.63, 3.8) is 0 Å². The van der Waals surface area contributed by atoms with Crippen LogP contribution in [0.5, 0.6) is 0 Å². The van der Waals surface area contributed by atoms with Crippen LogP contribution in [-0.4, -0.2) is 26.9 Å². The lowest BCUT2D eigenvalue weighted by atomic mass is 9.89. The molecule has 2 heterocycles. The fourth-order valence-electron chi connectivity index (χ4n) is 4.56. The number of amides is 1. The van der Waals surface area contributed by atoms with Crippen LogP contribution in [0.15, 0.2) is 78.5 Å². The van der Waals surface area contributed by atoms with E-state index in [0.29, 0.717) is 11.5 Å². The molecule has 1 aliphatic heterocycles. The van der Waals surface area contributed by atoms with E-state index in [2.05, 4.69) is 22.4 Å². The van der Waals surface area contributed by atoms with Crippen molar-refractivity contribution in [1.82, 2.24) is 20.5 Å². The second-order valence-electron chi connectivity index (χ2n) is 9.14. The first-order chi connectivity index (χ1) is 18.0. The summed E-state index contributed by atoms with van der Waals surface area (Å²) in [5, 5.41) is 10.2. The molecule has 7 heteroatoms. The van der Waals surface area contributed by atoms with Crippen LogP contribution in [0.4, 0.5) is 4.39 Å².